The zero-order valence-electron chi connectivity index (χ0n) is 6.33. The lowest BCUT2D eigenvalue weighted by Gasteiger charge is -1.86. The molecule has 0 radical (unpaired) electrons. The molecule has 0 saturated carbocycles. The Morgan fingerprint density at radius 1 is 1.54 bits per heavy atom. The minimum absolute atomic E-state index is 0.243. The van der Waals surface area contributed by atoms with Crippen LogP contribution in [-0.2, 0) is 5.88 Å². The van der Waals surface area contributed by atoms with E-state index in [0.29, 0.717) is 16.7 Å². The van der Waals surface area contributed by atoms with E-state index in [0.717, 1.165) is 4.88 Å². The average Bonchev–Trinajstić information content (AvgIpc) is 2.71. The first kappa shape index (κ1) is 8.99. The molecule has 0 spiro atoms. The number of aromatic nitrogens is 2. The summed E-state index contributed by atoms with van der Waals surface area (Å²) in [6.07, 6.45) is 0. The molecule has 0 aliphatic carbocycles. The molecule has 0 fully saturated rings. The van der Waals surface area contributed by atoms with Crippen molar-refractivity contribution >= 4 is 34.5 Å². The predicted octanol–water partition coefficient (Wildman–Crippen LogP) is 3.19. The lowest BCUT2D eigenvalue weighted by molar-refractivity contribution is 0.426. The Morgan fingerprint density at radius 3 is 2.92 bits per heavy atom. The van der Waals surface area contributed by atoms with Crippen LogP contribution in [0, 0.1) is 0 Å². The van der Waals surface area contributed by atoms with Gasteiger partial charge >= 0.3 is 0 Å². The molecule has 0 N–H and O–H groups in total. The minimum Gasteiger partial charge on any atom is -0.333 e. The van der Waals surface area contributed by atoms with Gasteiger partial charge in [-0.1, -0.05) is 16.8 Å². The smallest absolute Gasteiger partial charge is 0.269 e. The maximum Gasteiger partial charge on any atom is 0.269 e. The van der Waals surface area contributed by atoms with Crippen molar-refractivity contribution in [3.05, 3.63) is 22.3 Å². The third-order valence-electron chi connectivity index (χ3n) is 1.40. The van der Waals surface area contributed by atoms with Crippen LogP contribution in [0.25, 0.3) is 10.8 Å². The van der Waals surface area contributed by atoms with Gasteiger partial charge in [0.1, 0.15) is 4.88 Å². The van der Waals surface area contributed by atoms with Gasteiger partial charge in [0.2, 0.25) is 0 Å². The highest BCUT2D eigenvalue weighted by Gasteiger charge is 2.12. The molecule has 0 aliphatic rings. The van der Waals surface area contributed by atoms with Gasteiger partial charge in [-0.05, 0) is 11.4 Å². The average molecular weight is 235 g/mol. The Kier molecular flexibility index (Phi) is 2.53. The molecule has 0 aliphatic heterocycles. The second kappa shape index (κ2) is 3.65. The van der Waals surface area contributed by atoms with Crippen LogP contribution in [0.1, 0.15) is 5.82 Å². The fourth-order valence-electron chi connectivity index (χ4n) is 0.847. The summed E-state index contributed by atoms with van der Waals surface area (Å²) in [5.74, 6) is 1.14. The Morgan fingerprint density at radius 2 is 2.38 bits per heavy atom. The van der Waals surface area contributed by atoms with Gasteiger partial charge in [-0.25, -0.2) is 0 Å². The van der Waals surface area contributed by atoms with Crippen LogP contribution < -0.4 is 0 Å². The Bertz CT molecular complexity index is 412. The van der Waals surface area contributed by atoms with Gasteiger partial charge in [-0.3, -0.25) is 0 Å². The molecule has 0 amide bonds. The fraction of sp³-hybridized carbons (Fsp3) is 0.143. The molecule has 0 aromatic carbocycles. The molecular weight excluding hydrogens is 231 g/mol. The highest BCUT2D eigenvalue weighted by molar-refractivity contribution is 7.14. The Hall–Kier alpha value is -0.580. The first-order chi connectivity index (χ1) is 6.31. The highest BCUT2D eigenvalue weighted by Crippen LogP contribution is 2.31. The number of hydrogen-bond acceptors (Lipinski definition) is 4. The predicted molar refractivity (Wildman–Crippen MR) is 52.2 cm³/mol. The molecule has 0 atom stereocenters. The van der Waals surface area contributed by atoms with Gasteiger partial charge < -0.3 is 4.52 Å². The normalized spacial score (nSPS) is 10.6. The number of halogens is 2. The summed E-state index contributed by atoms with van der Waals surface area (Å²) in [7, 11) is 0. The third kappa shape index (κ3) is 1.70. The van der Waals surface area contributed by atoms with Gasteiger partial charge in [0, 0.05) is 0 Å². The maximum atomic E-state index is 5.88. The molecular formula is C7H4Cl2N2OS. The molecule has 68 valence electrons. The summed E-state index contributed by atoms with van der Waals surface area (Å²) in [4.78, 5) is 4.83. The maximum absolute atomic E-state index is 5.88. The number of alkyl halides is 1. The molecule has 3 nitrogen and oxygen atoms in total. The van der Waals surface area contributed by atoms with E-state index in [1.165, 1.54) is 11.3 Å². The highest BCUT2D eigenvalue weighted by atomic mass is 35.5. The van der Waals surface area contributed by atoms with Gasteiger partial charge in [-0.15, -0.1) is 22.9 Å². The SMILES string of the molecule is ClCc1noc(-c2sccc2Cl)n1. The van der Waals surface area contributed by atoms with Gasteiger partial charge in [0.25, 0.3) is 5.89 Å². The second-order valence-corrected chi connectivity index (χ2v) is 3.84. The molecule has 6 heteroatoms. The lowest BCUT2D eigenvalue weighted by Crippen LogP contribution is -1.78. The molecule has 2 rings (SSSR count). The summed E-state index contributed by atoms with van der Waals surface area (Å²) in [5.41, 5.74) is 0. The fourth-order valence-corrected chi connectivity index (χ4v) is 2.01. The standard InChI is InChI=1S/C7H4Cl2N2OS/c8-3-5-10-7(12-11-5)6-4(9)1-2-13-6/h1-2H,3H2. The van der Waals surface area contributed by atoms with Crippen LogP contribution in [0.2, 0.25) is 5.02 Å². The van der Waals surface area contributed by atoms with E-state index in [9.17, 15) is 0 Å². The van der Waals surface area contributed by atoms with Crippen LogP contribution in [-0.4, -0.2) is 10.1 Å². The summed E-state index contributed by atoms with van der Waals surface area (Å²) in [5, 5.41) is 6.15. The van der Waals surface area contributed by atoms with Crippen molar-refractivity contribution in [1.82, 2.24) is 10.1 Å². The molecule has 2 heterocycles. The van der Waals surface area contributed by atoms with E-state index >= 15 is 0 Å². The quantitative estimate of drug-likeness (QED) is 0.750. The number of thiophene rings is 1. The van der Waals surface area contributed by atoms with Crippen molar-refractivity contribution in [2.24, 2.45) is 0 Å². The van der Waals surface area contributed by atoms with Gasteiger partial charge in [0.15, 0.2) is 5.82 Å². The molecule has 0 bridgehead atoms. The van der Waals surface area contributed by atoms with Crippen molar-refractivity contribution in [2.75, 3.05) is 0 Å². The molecule has 0 unspecified atom stereocenters. The zero-order valence-corrected chi connectivity index (χ0v) is 8.66. The van der Waals surface area contributed by atoms with Crippen LogP contribution in [0.4, 0.5) is 0 Å². The van der Waals surface area contributed by atoms with E-state index in [-0.39, 0.29) is 5.88 Å². The number of rotatable bonds is 2. The number of hydrogen-bond donors (Lipinski definition) is 0. The van der Waals surface area contributed by atoms with E-state index in [1.807, 2.05) is 5.38 Å². The first-order valence-corrected chi connectivity index (χ1v) is 5.22. The molecule has 2 aromatic rings. The topological polar surface area (TPSA) is 38.9 Å². The van der Waals surface area contributed by atoms with Crippen molar-refractivity contribution in [3.63, 3.8) is 0 Å². The van der Waals surface area contributed by atoms with Crippen molar-refractivity contribution in [1.29, 1.82) is 0 Å². The summed E-state index contributed by atoms with van der Waals surface area (Å²) in [6.45, 7) is 0. The second-order valence-electron chi connectivity index (χ2n) is 2.25. The largest absolute Gasteiger partial charge is 0.333 e. The van der Waals surface area contributed by atoms with Crippen molar-refractivity contribution in [3.8, 4) is 10.8 Å². The van der Waals surface area contributed by atoms with Crippen LogP contribution in [0.3, 0.4) is 0 Å². The van der Waals surface area contributed by atoms with Crippen LogP contribution in [0.15, 0.2) is 16.0 Å². The first-order valence-electron chi connectivity index (χ1n) is 3.43. The van der Waals surface area contributed by atoms with E-state index in [1.54, 1.807) is 6.07 Å². The minimum atomic E-state index is 0.243. The summed E-state index contributed by atoms with van der Waals surface area (Å²) < 4.78 is 4.96. The zero-order chi connectivity index (χ0) is 9.26. The van der Waals surface area contributed by atoms with E-state index < -0.39 is 0 Å². The lowest BCUT2D eigenvalue weighted by atomic mass is 10.5. The summed E-state index contributed by atoms with van der Waals surface area (Å²) in [6, 6.07) is 1.78. The van der Waals surface area contributed by atoms with Gasteiger partial charge in [0.05, 0.1) is 10.9 Å². The van der Waals surface area contributed by atoms with E-state index in [4.69, 9.17) is 27.7 Å². The van der Waals surface area contributed by atoms with Crippen molar-refractivity contribution in [2.45, 2.75) is 5.88 Å². The van der Waals surface area contributed by atoms with Crippen LogP contribution in [0.5, 0.6) is 0 Å². The van der Waals surface area contributed by atoms with E-state index in [2.05, 4.69) is 10.1 Å². The molecule has 2 aromatic heterocycles. The molecule has 0 saturated heterocycles. The summed E-state index contributed by atoms with van der Waals surface area (Å²) >= 11 is 12.9. The number of nitrogens with zero attached hydrogens (tertiary/aromatic N) is 2. The Labute approximate surface area is 88.3 Å². The van der Waals surface area contributed by atoms with Crippen molar-refractivity contribution < 1.29 is 4.52 Å². The Balaban J connectivity index is 2.41. The van der Waals surface area contributed by atoms with Gasteiger partial charge in [-0.2, -0.15) is 4.98 Å². The molecule has 13 heavy (non-hydrogen) atoms. The van der Waals surface area contributed by atoms with Crippen LogP contribution >= 0.6 is 34.5 Å². The third-order valence-corrected chi connectivity index (χ3v) is 2.97. The monoisotopic (exact) mass is 234 g/mol.